The quantitative estimate of drug-likeness (QED) is 0.618. The topological polar surface area (TPSA) is 53.8 Å². The van der Waals surface area contributed by atoms with Crippen LogP contribution in [0.4, 0.5) is 0 Å². The third-order valence-corrected chi connectivity index (χ3v) is 5.23. The van der Waals surface area contributed by atoms with Gasteiger partial charge in [0.2, 0.25) is 11.8 Å². The van der Waals surface area contributed by atoms with E-state index in [0.29, 0.717) is 26.2 Å². The maximum absolute atomic E-state index is 13.4. The Morgan fingerprint density at radius 3 is 2.10 bits per heavy atom. The number of hydrogen-bond donors (Lipinski definition) is 0. The molecule has 1 unspecified atom stereocenters. The fourth-order valence-corrected chi connectivity index (χ4v) is 3.76. The lowest BCUT2D eigenvalue weighted by Gasteiger charge is -2.26. The van der Waals surface area contributed by atoms with E-state index in [2.05, 4.69) is 0 Å². The lowest BCUT2D eigenvalue weighted by Crippen LogP contribution is -2.36. The van der Waals surface area contributed by atoms with Gasteiger partial charge in [-0.2, -0.15) is 0 Å². The molecule has 148 valence electrons. The molecule has 5 nitrogen and oxygen atoms in total. The minimum Gasteiger partial charge on any atom is -0.467 e. The molecule has 29 heavy (non-hydrogen) atoms. The summed E-state index contributed by atoms with van der Waals surface area (Å²) < 4.78 is 5.36. The molecule has 1 saturated heterocycles. The Morgan fingerprint density at radius 1 is 0.931 bits per heavy atom. The largest absolute Gasteiger partial charge is 0.467 e. The fourth-order valence-electron chi connectivity index (χ4n) is 3.76. The highest BCUT2D eigenvalue weighted by atomic mass is 16.3. The van der Waals surface area contributed by atoms with Crippen LogP contribution >= 0.6 is 0 Å². The predicted octanol–water partition coefficient (Wildman–Crippen LogP) is 3.86. The van der Waals surface area contributed by atoms with Crippen LogP contribution < -0.4 is 0 Å². The maximum atomic E-state index is 13.4. The molecule has 0 aliphatic carbocycles. The molecule has 1 aliphatic rings. The van der Waals surface area contributed by atoms with Crippen molar-refractivity contribution < 1.29 is 14.0 Å². The summed E-state index contributed by atoms with van der Waals surface area (Å²) in [5.41, 5.74) is 2.15. The van der Waals surface area contributed by atoms with Gasteiger partial charge in [-0.3, -0.25) is 9.59 Å². The molecule has 0 bridgehead atoms. The third-order valence-electron chi connectivity index (χ3n) is 5.23. The Hall–Kier alpha value is -3.34. The SMILES string of the molecule is O=C1CC(C(=O)N(Cc2ccccc2)Cc2ccccc2)CN1Cc1ccco1. The molecular weight excluding hydrogens is 364 g/mol. The lowest BCUT2D eigenvalue weighted by molar-refractivity contribution is -0.137. The van der Waals surface area contributed by atoms with Crippen LogP contribution in [0.3, 0.4) is 0 Å². The number of carbonyl (C=O) groups is 2. The van der Waals surface area contributed by atoms with Crippen LogP contribution in [0.2, 0.25) is 0 Å². The molecule has 2 amide bonds. The molecule has 0 radical (unpaired) electrons. The van der Waals surface area contributed by atoms with Crippen LogP contribution in [0, 0.1) is 5.92 Å². The molecule has 2 aromatic carbocycles. The van der Waals surface area contributed by atoms with Gasteiger partial charge in [0, 0.05) is 26.1 Å². The minimum absolute atomic E-state index is 0.000813. The molecule has 0 N–H and O–H groups in total. The van der Waals surface area contributed by atoms with Crippen molar-refractivity contribution in [2.24, 2.45) is 5.92 Å². The molecule has 0 saturated carbocycles. The zero-order valence-corrected chi connectivity index (χ0v) is 16.2. The van der Waals surface area contributed by atoms with Crippen LogP contribution in [-0.4, -0.2) is 28.2 Å². The van der Waals surface area contributed by atoms with E-state index < -0.39 is 0 Å². The van der Waals surface area contributed by atoms with E-state index in [-0.39, 0.29) is 24.2 Å². The van der Waals surface area contributed by atoms with Gasteiger partial charge in [0.1, 0.15) is 5.76 Å². The predicted molar refractivity (Wildman–Crippen MR) is 109 cm³/mol. The summed E-state index contributed by atoms with van der Waals surface area (Å²) in [4.78, 5) is 29.4. The number of rotatable bonds is 7. The zero-order chi connectivity index (χ0) is 20.1. The van der Waals surface area contributed by atoms with Crippen molar-refractivity contribution in [1.82, 2.24) is 9.80 Å². The van der Waals surface area contributed by atoms with Crippen molar-refractivity contribution >= 4 is 11.8 Å². The average Bonchev–Trinajstić information content (AvgIpc) is 3.39. The van der Waals surface area contributed by atoms with Gasteiger partial charge in [0.25, 0.3) is 0 Å². The van der Waals surface area contributed by atoms with Gasteiger partial charge in [-0.15, -0.1) is 0 Å². The molecule has 1 fully saturated rings. The molecule has 0 spiro atoms. The van der Waals surface area contributed by atoms with Crippen molar-refractivity contribution in [3.8, 4) is 0 Å². The highest BCUT2D eigenvalue weighted by molar-refractivity contribution is 5.89. The smallest absolute Gasteiger partial charge is 0.228 e. The van der Waals surface area contributed by atoms with E-state index in [4.69, 9.17) is 4.42 Å². The van der Waals surface area contributed by atoms with Crippen LogP contribution in [0.15, 0.2) is 83.5 Å². The van der Waals surface area contributed by atoms with Gasteiger partial charge in [-0.25, -0.2) is 0 Å². The van der Waals surface area contributed by atoms with Gasteiger partial charge < -0.3 is 14.2 Å². The zero-order valence-electron chi connectivity index (χ0n) is 16.2. The Bertz CT molecular complexity index is 897. The summed E-state index contributed by atoms with van der Waals surface area (Å²) in [6.07, 6.45) is 1.85. The van der Waals surface area contributed by atoms with Gasteiger partial charge >= 0.3 is 0 Å². The van der Waals surface area contributed by atoms with Crippen molar-refractivity contribution in [1.29, 1.82) is 0 Å². The molecule has 1 aromatic heterocycles. The number of likely N-dealkylation sites (tertiary alicyclic amines) is 1. The van der Waals surface area contributed by atoms with E-state index in [1.807, 2.05) is 71.6 Å². The second-order valence-corrected chi connectivity index (χ2v) is 7.42. The first-order valence-electron chi connectivity index (χ1n) is 9.86. The van der Waals surface area contributed by atoms with Crippen molar-refractivity contribution in [3.63, 3.8) is 0 Å². The first kappa shape index (κ1) is 19.0. The van der Waals surface area contributed by atoms with Gasteiger partial charge in [0.05, 0.1) is 18.7 Å². The molecule has 4 rings (SSSR count). The number of hydrogen-bond acceptors (Lipinski definition) is 3. The average molecular weight is 388 g/mol. The fraction of sp³-hybridized carbons (Fsp3) is 0.250. The van der Waals surface area contributed by atoms with Gasteiger partial charge in [-0.1, -0.05) is 60.7 Å². The summed E-state index contributed by atoms with van der Waals surface area (Å²) in [7, 11) is 0. The van der Waals surface area contributed by atoms with E-state index in [9.17, 15) is 9.59 Å². The standard InChI is InChI=1S/C24H24N2O3/c27-23-14-21(17-25(23)18-22-12-7-13-29-22)24(28)26(15-19-8-3-1-4-9-19)16-20-10-5-2-6-11-20/h1-13,21H,14-18H2. The summed E-state index contributed by atoms with van der Waals surface area (Å²) >= 11 is 0. The number of furan rings is 1. The highest BCUT2D eigenvalue weighted by Gasteiger charge is 2.36. The van der Waals surface area contributed by atoms with E-state index >= 15 is 0 Å². The molecule has 1 atom stereocenters. The lowest BCUT2D eigenvalue weighted by atomic mass is 10.1. The highest BCUT2D eigenvalue weighted by Crippen LogP contribution is 2.24. The van der Waals surface area contributed by atoms with Gasteiger partial charge in [0.15, 0.2) is 0 Å². The molecular formula is C24H24N2O3. The minimum atomic E-state index is -0.329. The normalized spacial score (nSPS) is 16.2. The molecule has 5 heteroatoms. The van der Waals surface area contributed by atoms with Crippen molar-refractivity contribution in [3.05, 3.63) is 95.9 Å². The van der Waals surface area contributed by atoms with Crippen molar-refractivity contribution in [2.45, 2.75) is 26.1 Å². The van der Waals surface area contributed by atoms with E-state index in [0.717, 1.165) is 16.9 Å². The van der Waals surface area contributed by atoms with Gasteiger partial charge in [-0.05, 0) is 23.3 Å². The summed E-state index contributed by atoms with van der Waals surface area (Å²) in [6, 6.07) is 23.6. The Morgan fingerprint density at radius 2 is 1.55 bits per heavy atom. The van der Waals surface area contributed by atoms with E-state index in [1.165, 1.54) is 0 Å². The monoisotopic (exact) mass is 388 g/mol. The van der Waals surface area contributed by atoms with Crippen LogP contribution in [0.5, 0.6) is 0 Å². The molecule has 1 aliphatic heterocycles. The third kappa shape index (κ3) is 4.74. The Balaban J connectivity index is 1.49. The number of carbonyl (C=O) groups excluding carboxylic acids is 2. The first-order chi connectivity index (χ1) is 14.2. The molecule has 3 aromatic rings. The Kier molecular flexibility index (Phi) is 5.75. The number of benzene rings is 2. The second-order valence-electron chi connectivity index (χ2n) is 7.42. The van der Waals surface area contributed by atoms with Crippen LogP contribution in [0.1, 0.15) is 23.3 Å². The van der Waals surface area contributed by atoms with E-state index in [1.54, 1.807) is 17.2 Å². The second kappa shape index (κ2) is 8.78. The maximum Gasteiger partial charge on any atom is 0.228 e. The van der Waals surface area contributed by atoms with Crippen molar-refractivity contribution in [2.75, 3.05) is 6.54 Å². The Labute approximate surface area is 170 Å². The summed E-state index contributed by atoms with van der Waals surface area (Å²) in [6.45, 7) is 1.89. The number of nitrogens with zero attached hydrogens (tertiary/aromatic N) is 2. The summed E-state index contributed by atoms with van der Waals surface area (Å²) in [5, 5.41) is 0. The number of amides is 2. The summed E-state index contributed by atoms with van der Waals surface area (Å²) in [5.74, 6) is 0.425. The first-order valence-corrected chi connectivity index (χ1v) is 9.86. The van der Waals surface area contributed by atoms with Crippen LogP contribution in [0.25, 0.3) is 0 Å². The molecule has 2 heterocycles. The van der Waals surface area contributed by atoms with Crippen LogP contribution in [-0.2, 0) is 29.2 Å².